The van der Waals surface area contributed by atoms with E-state index in [1.807, 2.05) is 18.2 Å². The molecule has 5 heteroatoms. The van der Waals surface area contributed by atoms with Crippen LogP contribution < -0.4 is 5.73 Å². The lowest BCUT2D eigenvalue weighted by Gasteiger charge is -2.04. The highest BCUT2D eigenvalue weighted by atomic mass is 16.6. The number of anilines is 1. The lowest BCUT2D eigenvalue weighted by Crippen LogP contribution is -2.01. The Labute approximate surface area is 98.1 Å². The molecule has 0 aliphatic carbocycles. The maximum Gasteiger partial charge on any atom is 0.291 e. The highest BCUT2D eigenvalue weighted by Crippen LogP contribution is 2.21. The van der Waals surface area contributed by atoms with Gasteiger partial charge in [0.15, 0.2) is 0 Å². The van der Waals surface area contributed by atoms with Crippen LogP contribution in [0.25, 0.3) is 0 Å². The third kappa shape index (κ3) is 2.39. The van der Waals surface area contributed by atoms with Crippen molar-refractivity contribution in [3.63, 3.8) is 0 Å². The van der Waals surface area contributed by atoms with Crippen LogP contribution in [-0.2, 0) is 6.42 Å². The summed E-state index contributed by atoms with van der Waals surface area (Å²) in [6.07, 6.45) is 1.91. The SMILES string of the molecule is Nc1ccccc1Cc1ncccc1[N+](=O)[O-]. The lowest BCUT2D eigenvalue weighted by molar-refractivity contribution is -0.385. The van der Waals surface area contributed by atoms with Crippen LogP contribution in [0.2, 0.25) is 0 Å². The molecule has 0 saturated heterocycles. The first kappa shape index (κ1) is 11.1. The minimum atomic E-state index is -0.429. The predicted molar refractivity (Wildman–Crippen MR) is 64.6 cm³/mol. The Morgan fingerprint density at radius 2 is 2.00 bits per heavy atom. The number of hydrogen-bond acceptors (Lipinski definition) is 4. The van der Waals surface area contributed by atoms with Crippen LogP contribution in [0.15, 0.2) is 42.6 Å². The van der Waals surface area contributed by atoms with Gasteiger partial charge in [-0.25, -0.2) is 0 Å². The number of nitro groups is 1. The van der Waals surface area contributed by atoms with Crippen molar-refractivity contribution in [3.8, 4) is 0 Å². The van der Waals surface area contributed by atoms with Gasteiger partial charge in [0.1, 0.15) is 5.69 Å². The molecule has 2 aromatic rings. The van der Waals surface area contributed by atoms with Crippen LogP contribution in [0.4, 0.5) is 11.4 Å². The molecule has 0 aliphatic rings. The van der Waals surface area contributed by atoms with E-state index in [0.717, 1.165) is 5.56 Å². The standard InChI is InChI=1S/C12H11N3O2/c13-10-5-2-1-4-9(10)8-11-12(15(16)17)6-3-7-14-11/h1-7H,8,13H2. The Bertz CT molecular complexity index is 555. The Morgan fingerprint density at radius 3 is 2.71 bits per heavy atom. The van der Waals surface area contributed by atoms with Crippen LogP contribution in [0.3, 0.4) is 0 Å². The van der Waals surface area contributed by atoms with Crippen molar-refractivity contribution in [2.45, 2.75) is 6.42 Å². The molecule has 86 valence electrons. The highest BCUT2D eigenvalue weighted by Gasteiger charge is 2.14. The Hall–Kier alpha value is -2.43. The van der Waals surface area contributed by atoms with E-state index in [2.05, 4.69) is 4.98 Å². The van der Waals surface area contributed by atoms with E-state index in [0.29, 0.717) is 17.8 Å². The molecule has 0 radical (unpaired) electrons. The zero-order valence-electron chi connectivity index (χ0n) is 9.04. The topological polar surface area (TPSA) is 82.0 Å². The summed E-state index contributed by atoms with van der Waals surface area (Å²) in [6.45, 7) is 0. The van der Waals surface area contributed by atoms with Gasteiger partial charge in [0.05, 0.1) is 4.92 Å². The molecule has 0 aliphatic heterocycles. The number of pyridine rings is 1. The Kier molecular flexibility index (Phi) is 3.00. The van der Waals surface area contributed by atoms with Gasteiger partial charge < -0.3 is 5.73 Å². The second-order valence-corrected chi connectivity index (χ2v) is 3.60. The minimum Gasteiger partial charge on any atom is -0.398 e. The average Bonchev–Trinajstić information content (AvgIpc) is 2.32. The maximum absolute atomic E-state index is 10.8. The molecule has 2 N–H and O–H groups in total. The van der Waals surface area contributed by atoms with E-state index in [1.54, 1.807) is 18.3 Å². The molecule has 0 unspecified atom stereocenters. The summed E-state index contributed by atoms with van der Waals surface area (Å²) in [5, 5.41) is 10.8. The molecule has 2 rings (SSSR count). The number of para-hydroxylation sites is 1. The zero-order chi connectivity index (χ0) is 12.3. The van der Waals surface area contributed by atoms with Crippen molar-refractivity contribution in [2.24, 2.45) is 0 Å². The Balaban J connectivity index is 2.37. The number of rotatable bonds is 3. The second-order valence-electron chi connectivity index (χ2n) is 3.60. The van der Waals surface area contributed by atoms with Crippen LogP contribution >= 0.6 is 0 Å². The van der Waals surface area contributed by atoms with Gasteiger partial charge in [0.25, 0.3) is 5.69 Å². The molecule has 1 aromatic heterocycles. The number of benzene rings is 1. The van der Waals surface area contributed by atoms with E-state index >= 15 is 0 Å². The molecular weight excluding hydrogens is 218 g/mol. The molecule has 0 spiro atoms. The summed E-state index contributed by atoms with van der Waals surface area (Å²) in [6, 6.07) is 10.3. The van der Waals surface area contributed by atoms with Gasteiger partial charge in [-0.1, -0.05) is 18.2 Å². The summed E-state index contributed by atoms with van der Waals surface area (Å²) >= 11 is 0. The largest absolute Gasteiger partial charge is 0.398 e. The summed E-state index contributed by atoms with van der Waals surface area (Å²) in [5.74, 6) is 0. The third-order valence-corrected chi connectivity index (χ3v) is 2.48. The summed E-state index contributed by atoms with van der Waals surface area (Å²) in [4.78, 5) is 14.4. The summed E-state index contributed by atoms with van der Waals surface area (Å²) in [5.41, 5.74) is 7.71. The van der Waals surface area contributed by atoms with Gasteiger partial charge in [0.2, 0.25) is 0 Å². The normalized spacial score (nSPS) is 10.1. The van der Waals surface area contributed by atoms with Crippen molar-refractivity contribution in [1.29, 1.82) is 0 Å². The van der Waals surface area contributed by atoms with Crippen molar-refractivity contribution in [1.82, 2.24) is 4.98 Å². The van der Waals surface area contributed by atoms with Gasteiger partial charge in [0, 0.05) is 24.4 Å². The molecule has 1 aromatic carbocycles. The molecule has 0 fully saturated rings. The quantitative estimate of drug-likeness (QED) is 0.496. The highest BCUT2D eigenvalue weighted by molar-refractivity contribution is 5.50. The van der Waals surface area contributed by atoms with E-state index in [9.17, 15) is 10.1 Å². The fourth-order valence-electron chi connectivity index (χ4n) is 1.61. The van der Waals surface area contributed by atoms with Gasteiger partial charge >= 0.3 is 0 Å². The summed E-state index contributed by atoms with van der Waals surface area (Å²) in [7, 11) is 0. The second kappa shape index (κ2) is 4.61. The number of nitrogen functional groups attached to an aromatic ring is 1. The van der Waals surface area contributed by atoms with Gasteiger partial charge in [-0.2, -0.15) is 0 Å². The van der Waals surface area contributed by atoms with Crippen molar-refractivity contribution < 1.29 is 4.92 Å². The van der Waals surface area contributed by atoms with E-state index in [1.165, 1.54) is 6.07 Å². The molecule has 1 heterocycles. The number of hydrogen-bond donors (Lipinski definition) is 1. The fraction of sp³-hybridized carbons (Fsp3) is 0.0833. The molecule has 0 atom stereocenters. The van der Waals surface area contributed by atoms with E-state index in [4.69, 9.17) is 5.73 Å². The van der Waals surface area contributed by atoms with Crippen LogP contribution in [0.5, 0.6) is 0 Å². The fourth-order valence-corrected chi connectivity index (χ4v) is 1.61. The molecule has 17 heavy (non-hydrogen) atoms. The smallest absolute Gasteiger partial charge is 0.291 e. The van der Waals surface area contributed by atoms with Crippen LogP contribution in [0.1, 0.15) is 11.3 Å². The van der Waals surface area contributed by atoms with Crippen molar-refractivity contribution >= 4 is 11.4 Å². The van der Waals surface area contributed by atoms with Gasteiger partial charge in [-0.15, -0.1) is 0 Å². The van der Waals surface area contributed by atoms with Crippen molar-refractivity contribution in [3.05, 3.63) is 64.0 Å². The number of nitrogens with two attached hydrogens (primary N) is 1. The maximum atomic E-state index is 10.8. The first-order valence-electron chi connectivity index (χ1n) is 5.10. The molecule has 0 amide bonds. The van der Waals surface area contributed by atoms with Crippen LogP contribution in [-0.4, -0.2) is 9.91 Å². The predicted octanol–water partition coefficient (Wildman–Crippen LogP) is 2.16. The first-order chi connectivity index (χ1) is 8.18. The number of aromatic nitrogens is 1. The molecule has 5 nitrogen and oxygen atoms in total. The average molecular weight is 229 g/mol. The van der Waals surface area contributed by atoms with Crippen molar-refractivity contribution in [2.75, 3.05) is 5.73 Å². The van der Waals surface area contributed by atoms with E-state index in [-0.39, 0.29) is 5.69 Å². The molecule has 0 bridgehead atoms. The molecule has 0 saturated carbocycles. The first-order valence-corrected chi connectivity index (χ1v) is 5.10. The Morgan fingerprint density at radius 1 is 1.24 bits per heavy atom. The van der Waals surface area contributed by atoms with Gasteiger partial charge in [-0.05, 0) is 17.7 Å². The third-order valence-electron chi connectivity index (χ3n) is 2.48. The zero-order valence-corrected chi connectivity index (χ0v) is 9.04. The van der Waals surface area contributed by atoms with E-state index < -0.39 is 4.92 Å². The van der Waals surface area contributed by atoms with Gasteiger partial charge in [-0.3, -0.25) is 15.1 Å². The lowest BCUT2D eigenvalue weighted by atomic mass is 10.1. The monoisotopic (exact) mass is 229 g/mol. The number of nitrogens with zero attached hydrogens (tertiary/aromatic N) is 2. The molecular formula is C12H11N3O2. The minimum absolute atomic E-state index is 0.0238. The van der Waals surface area contributed by atoms with Crippen LogP contribution in [0, 0.1) is 10.1 Å². The summed E-state index contributed by atoms with van der Waals surface area (Å²) < 4.78 is 0.